The fourth-order valence-corrected chi connectivity index (χ4v) is 7.35. The fraction of sp³-hybridized carbons (Fsp3) is 1.00. The molecule has 0 heterocycles. The second kappa shape index (κ2) is 13.6. The molecule has 0 nitrogen and oxygen atoms in total. The molecule has 0 aliphatic heterocycles. The fourth-order valence-electron chi connectivity index (χ4n) is 7.35. The van der Waals surface area contributed by atoms with E-state index in [1.165, 1.54) is 83.5 Å². The molecule has 184 valence electrons. The van der Waals surface area contributed by atoms with E-state index in [0.717, 1.165) is 59.2 Å². The average molecular weight is 433 g/mol. The second-order valence-electron chi connectivity index (χ2n) is 13.3. The Bertz CT molecular complexity index is 463. The molecule has 2 fully saturated rings. The molecule has 0 heteroatoms. The van der Waals surface area contributed by atoms with E-state index in [4.69, 9.17) is 0 Å². The molecule has 0 radical (unpaired) electrons. The van der Waals surface area contributed by atoms with E-state index in [2.05, 4.69) is 55.4 Å². The smallest absolute Gasteiger partial charge is 0.0355 e. The summed E-state index contributed by atoms with van der Waals surface area (Å²) in [5, 5.41) is 0. The van der Waals surface area contributed by atoms with Crippen molar-refractivity contribution in [3.63, 3.8) is 0 Å². The largest absolute Gasteiger partial charge is 0.0651 e. The van der Waals surface area contributed by atoms with Crippen LogP contribution in [0.4, 0.5) is 0 Å². The predicted octanol–water partition coefficient (Wildman–Crippen LogP) is 10.4. The molecular formula is C31H60. The lowest BCUT2D eigenvalue weighted by molar-refractivity contribution is 0.177. The van der Waals surface area contributed by atoms with Crippen molar-refractivity contribution in [3.8, 4) is 0 Å². The average Bonchev–Trinajstić information content (AvgIpc) is 3.07. The molecule has 0 bridgehead atoms. The van der Waals surface area contributed by atoms with Gasteiger partial charge in [0.15, 0.2) is 0 Å². The summed E-state index contributed by atoms with van der Waals surface area (Å²) in [5.41, 5.74) is 0. The molecule has 0 aromatic rings. The zero-order valence-corrected chi connectivity index (χ0v) is 23.0. The summed E-state index contributed by atoms with van der Waals surface area (Å²) in [6.45, 7) is 19.9. The first-order valence-electron chi connectivity index (χ1n) is 14.7. The van der Waals surface area contributed by atoms with Crippen molar-refractivity contribution >= 4 is 0 Å². The maximum atomic E-state index is 2.57. The van der Waals surface area contributed by atoms with E-state index in [-0.39, 0.29) is 0 Å². The third-order valence-corrected chi connectivity index (χ3v) is 10.0. The van der Waals surface area contributed by atoms with Crippen LogP contribution in [0.15, 0.2) is 0 Å². The molecule has 8 atom stereocenters. The molecule has 0 aromatic heterocycles. The van der Waals surface area contributed by atoms with Crippen molar-refractivity contribution in [1.29, 1.82) is 0 Å². The van der Waals surface area contributed by atoms with Crippen LogP contribution < -0.4 is 0 Å². The molecule has 2 aliphatic rings. The Morgan fingerprint density at radius 3 is 2.13 bits per heavy atom. The van der Waals surface area contributed by atoms with Crippen LogP contribution in [0.5, 0.6) is 0 Å². The first-order chi connectivity index (χ1) is 14.7. The van der Waals surface area contributed by atoms with Crippen molar-refractivity contribution in [3.05, 3.63) is 0 Å². The summed E-state index contributed by atoms with van der Waals surface area (Å²) in [5.74, 6) is 9.58. The number of rotatable bonds is 11. The summed E-state index contributed by atoms with van der Waals surface area (Å²) < 4.78 is 0. The van der Waals surface area contributed by atoms with Crippen molar-refractivity contribution in [2.24, 2.45) is 59.2 Å². The Kier molecular flexibility index (Phi) is 12.0. The highest BCUT2D eigenvalue weighted by Gasteiger charge is 2.36. The van der Waals surface area contributed by atoms with Gasteiger partial charge in [0.05, 0.1) is 0 Å². The normalized spacial score (nSPS) is 34.6. The van der Waals surface area contributed by atoms with Gasteiger partial charge >= 0.3 is 0 Å². The highest BCUT2D eigenvalue weighted by molar-refractivity contribution is 4.86. The molecule has 2 saturated carbocycles. The quantitative estimate of drug-likeness (QED) is 0.304. The van der Waals surface area contributed by atoms with Gasteiger partial charge in [0.1, 0.15) is 0 Å². The minimum Gasteiger partial charge on any atom is -0.0651 e. The Morgan fingerprint density at radius 1 is 0.774 bits per heavy atom. The third-order valence-electron chi connectivity index (χ3n) is 10.0. The highest BCUT2D eigenvalue weighted by atomic mass is 14.4. The van der Waals surface area contributed by atoms with E-state index < -0.39 is 0 Å². The molecule has 0 amide bonds. The van der Waals surface area contributed by atoms with E-state index in [0.29, 0.717) is 0 Å². The minimum absolute atomic E-state index is 0.864. The lowest BCUT2D eigenvalue weighted by Gasteiger charge is -2.33. The molecular weight excluding hydrogens is 372 g/mol. The van der Waals surface area contributed by atoms with Gasteiger partial charge in [-0.15, -0.1) is 0 Å². The van der Waals surface area contributed by atoms with E-state index >= 15 is 0 Å². The molecule has 0 aromatic carbocycles. The summed E-state index contributed by atoms with van der Waals surface area (Å²) in [6.07, 6.45) is 19.4. The molecule has 0 N–H and O–H groups in total. The molecule has 2 aliphatic carbocycles. The Balaban J connectivity index is 1.95. The van der Waals surface area contributed by atoms with Crippen LogP contribution in [0.2, 0.25) is 0 Å². The topological polar surface area (TPSA) is 0 Å². The van der Waals surface area contributed by atoms with Gasteiger partial charge in [-0.2, -0.15) is 0 Å². The monoisotopic (exact) mass is 432 g/mol. The second-order valence-corrected chi connectivity index (χ2v) is 13.3. The predicted molar refractivity (Wildman–Crippen MR) is 140 cm³/mol. The number of hydrogen-bond acceptors (Lipinski definition) is 0. The van der Waals surface area contributed by atoms with Crippen molar-refractivity contribution in [2.45, 2.75) is 139 Å². The van der Waals surface area contributed by atoms with Crippen LogP contribution >= 0.6 is 0 Å². The first kappa shape index (κ1) is 27.2. The Morgan fingerprint density at radius 2 is 1.48 bits per heavy atom. The van der Waals surface area contributed by atoms with Crippen molar-refractivity contribution in [2.75, 3.05) is 0 Å². The van der Waals surface area contributed by atoms with Gasteiger partial charge < -0.3 is 0 Å². The van der Waals surface area contributed by atoms with E-state index in [1.807, 2.05) is 0 Å². The van der Waals surface area contributed by atoms with Gasteiger partial charge in [-0.1, -0.05) is 113 Å². The molecule has 8 unspecified atom stereocenters. The van der Waals surface area contributed by atoms with Gasteiger partial charge in [-0.3, -0.25) is 0 Å². The lowest BCUT2D eigenvalue weighted by atomic mass is 9.72. The zero-order chi connectivity index (χ0) is 23.0. The van der Waals surface area contributed by atoms with Gasteiger partial charge in [0, 0.05) is 0 Å². The summed E-state index contributed by atoms with van der Waals surface area (Å²) in [4.78, 5) is 0. The van der Waals surface area contributed by atoms with Crippen molar-refractivity contribution < 1.29 is 0 Å². The van der Waals surface area contributed by atoms with E-state index in [1.54, 1.807) is 0 Å². The summed E-state index contributed by atoms with van der Waals surface area (Å²) in [6, 6.07) is 0. The van der Waals surface area contributed by atoms with Crippen LogP contribution in [0.3, 0.4) is 0 Å². The van der Waals surface area contributed by atoms with E-state index in [9.17, 15) is 0 Å². The van der Waals surface area contributed by atoms with Crippen LogP contribution in [0.25, 0.3) is 0 Å². The van der Waals surface area contributed by atoms with Crippen molar-refractivity contribution in [1.82, 2.24) is 0 Å². The summed E-state index contributed by atoms with van der Waals surface area (Å²) >= 11 is 0. The summed E-state index contributed by atoms with van der Waals surface area (Å²) in [7, 11) is 0. The van der Waals surface area contributed by atoms with Crippen LogP contribution in [0.1, 0.15) is 139 Å². The standard InChI is InChI=1S/C31H60/c1-9-25(7)29-18-17-27(14-11-24(6)20-29)15-16-28(13-10-22(2)3)21-31-26(8)12-19-30(31)23(4)5/h22-31H,9-21H2,1-8H3. The third kappa shape index (κ3) is 9.04. The Labute approximate surface area is 198 Å². The van der Waals surface area contributed by atoms with Gasteiger partial charge in [-0.05, 0) is 84.9 Å². The van der Waals surface area contributed by atoms with Crippen LogP contribution in [0, 0.1) is 59.2 Å². The molecule has 2 rings (SSSR count). The van der Waals surface area contributed by atoms with Gasteiger partial charge in [0.2, 0.25) is 0 Å². The minimum atomic E-state index is 0.864. The molecule has 31 heavy (non-hydrogen) atoms. The first-order valence-corrected chi connectivity index (χ1v) is 14.7. The van der Waals surface area contributed by atoms with Crippen LogP contribution in [-0.2, 0) is 0 Å². The number of hydrogen-bond donors (Lipinski definition) is 0. The maximum Gasteiger partial charge on any atom is -0.0355 e. The molecule has 0 saturated heterocycles. The van der Waals surface area contributed by atoms with Gasteiger partial charge in [0.25, 0.3) is 0 Å². The lowest BCUT2D eigenvalue weighted by Crippen LogP contribution is -2.23. The van der Waals surface area contributed by atoms with Crippen LogP contribution in [-0.4, -0.2) is 0 Å². The SMILES string of the molecule is CCC(C)C1CCC(CCC(CCC(C)C)CC2C(C)CCC2C(C)C)CCC(C)C1. The van der Waals surface area contributed by atoms with Gasteiger partial charge in [-0.25, -0.2) is 0 Å². The molecule has 0 spiro atoms. The maximum absolute atomic E-state index is 2.57. The highest BCUT2D eigenvalue weighted by Crippen LogP contribution is 2.46. The zero-order valence-electron chi connectivity index (χ0n) is 23.0. The Hall–Kier alpha value is 0.